The number of nitrogens with zero attached hydrogens (tertiary/aromatic N) is 1. The standard InChI is InChI=1S/C11H9Br2NO3/c1-5-14-9(11(16)17-5)3-6-2-7(12)4-8(13)10(6)15/h2-4,8,10,15H,1H3/b9-3+/t8-,10+/m1/s1. The molecule has 1 N–H and O–H groups in total. The predicted octanol–water partition coefficient (Wildman–Crippen LogP) is 2.19. The van der Waals surface area contributed by atoms with Crippen LogP contribution in [0.25, 0.3) is 0 Å². The summed E-state index contributed by atoms with van der Waals surface area (Å²) >= 11 is 6.67. The fourth-order valence-electron chi connectivity index (χ4n) is 1.52. The Morgan fingerprint density at radius 3 is 2.88 bits per heavy atom. The largest absolute Gasteiger partial charge is 0.407 e. The van der Waals surface area contributed by atoms with Crippen molar-refractivity contribution in [2.75, 3.05) is 0 Å². The summed E-state index contributed by atoms with van der Waals surface area (Å²) in [7, 11) is 0. The third-order valence-corrected chi connectivity index (χ3v) is 3.56. The fourth-order valence-corrected chi connectivity index (χ4v) is 3.01. The van der Waals surface area contributed by atoms with Gasteiger partial charge in [-0.2, -0.15) is 0 Å². The third kappa shape index (κ3) is 2.75. The lowest BCUT2D eigenvalue weighted by molar-refractivity contribution is -0.130. The summed E-state index contributed by atoms with van der Waals surface area (Å²) in [4.78, 5) is 15.1. The van der Waals surface area contributed by atoms with E-state index in [1.54, 1.807) is 13.0 Å². The van der Waals surface area contributed by atoms with Crippen LogP contribution >= 0.6 is 31.9 Å². The minimum absolute atomic E-state index is 0.198. The monoisotopic (exact) mass is 361 g/mol. The Bertz CT molecular complexity index is 491. The lowest BCUT2D eigenvalue weighted by Crippen LogP contribution is -2.23. The van der Waals surface area contributed by atoms with E-state index in [-0.39, 0.29) is 10.5 Å². The van der Waals surface area contributed by atoms with Crippen LogP contribution in [-0.4, -0.2) is 27.9 Å². The molecule has 90 valence electrons. The van der Waals surface area contributed by atoms with Crippen LogP contribution in [0.3, 0.4) is 0 Å². The van der Waals surface area contributed by atoms with Gasteiger partial charge in [0.1, 0.15) is 0 Å². The lowest BCUT2D eigenvalue weighted by atomic mass is 10.0. The summed E-state index contributed by atoms with van der Waals surface area (Å²) in [5, 5.41) is 9.94. The Labute approximate surface area is 115 Å². The maximum absolute atomic E-state index is 11.4. The smallest absolute Gasteiger partial charge is 0.363 e. The molecule has 0 aromatic rings. The van der Waals surface area contributed by atoms with Gasteiger partial charge in [-0.25, -0.2) is 9.79 Å². The number of aliphatic imine (C=N–C) groups is 1. The minimum Gasteiger partial charge on any atom is -0.407 e. The SMILES string of the molecule is CC1=N/C(=C/C2=CC(Br)=C[C@@H](Br)[C@H]2O)C(=O)O1. The van der Waals surface area contributed by atoms with Crippen molar-refractivity contribution in [1.29, 1.82) is 0 Å². The first-order valence-electron chi connectivity index (χ1n) is 4.87. The van der Waals surface area contributed by atoms with Crippen LogP contribution in [0.5, 0.6) is 0 Å². The summed E-state index contributed by atoms with van der Waals surface area (Å²) in [6.07, 6.45) is 4.39. The van der Waals surface area contributed by atoms with Gasteiger partial charge in [-0.3, -0.25) is 0 Å². The zero-order chi connectivity index (χ0) is 12.6. The van der Waals surface area contributed by atoms with Crippen LogP contribution in [0.2, 0.25) is 0 Å². The number of carbonyl (C=O) groups is 1. The predicted molar refractivity (Wildman–Crippen MR) is 71.1 cm³/mol. The van der Waals surface area contributed by atoms with Crippen LogP contribution in [-0.2, 0) is 9.53 Å². The van der Waals surface area contributed by atoms with Gasteiger partial charge in [0, 0.05) is 11.4 Å². The minimum atomic E-state index is -0.715. The fraction of sp³-hybridized carbons (Fsp3) is 0.273. The number of allylic oxidation sites excluding steroid dienone is 2. The van der Waals surface area contributed by atoms with E-state index < -0.39 is 12.1 Å². The number of esters is 1. The average Bonchev–Trinajstić information content (AvgIpc) is 2.53. The number of alkyl halides is 1. The molecule has 6 heteroatoms. The lowest BCUT2D eigenvalue weighted by Gasteiger charge is -2.20. The van der Waals surface area contributed by atoms with Gasteiger partial charge in [0.25, 0.3) is 0 Å². The van der Waals surface area contributed by atoms with E-state index in [1.807, 2.05) is 6.08 Å². The van der Waals surface area contributed by atoms with E-state index in [2.05, 4.69) is 36.9 Å². The highest BCUT2D eigenvalue weighted by Crippen LogP contribution is 2.28. The molecular weight excluding hydrogens is 354 g/mol. The van der Waals surface area contributed by atoms with E-state index in [0.29, 0.717) is 11.5 Å². The molecule has 0 saturated heterocycles. The van der Waals surface area contributed by atoms with Crippen molar-refractivity contribution in [3.63, 3.8) is 0 Å². The van der Waals surface area contributed by atoms with Gasteiger partial charge in [-0.15, -0.1) is 0 Å². The Kier molecular flexibility index (Phi) is 3.65. The van der Waals surface area contributed by atoms with Gasteiger partial charge >= 0.3 is 5.97 Å². The van der Waals surface area contributed by atoms with Crippen LogP contribution in [0.4, 0.5) is 0 Å². The topological polar surface area (TPSA) is 58.9 Å². The summed E-state index contributed by atoms with van der Waals surface area (Å²) < 4.78 is 5.64. The first kappa shape index (κ1) is 12.7. The molecule has 0 unspecified atom stereocenters. The number of aliphatic hydroxyl groups excluding tert-OH is 1. The van der Waals surface area contributed by atoms with Crippen LogP contribution < -0.4 is 0 Å². The molecule has 0 spiro atoms. The van der Waals surface area contributed by atoms with E-state index >= 15 is 0 Å². The molecule has 4 nitrogen and oxygen atoms in total. The molecular formula is C11H9Br2NO3. The molecule has 0 bridgehead atoms. The number of aliphatic hydroxyl groups is 1. The maximum atomic E-state index is 11.4. The van der Waals surface area contributed by atoms with Crippen molar-refractivity contribution < 1.29 is 14.6 Å². The first-order chi connectivity index (χ1) is 7.97. The zero-order valence-corrected chi connectivity index (χ0v) is 12.0. The second-order valence-corrected chi connectivity index (χ2v) is 5.61. The number of halogens is 2. The van der Waals surface area contributed by atoms with E-state index in [4.69, 9.17) is 4.74 Å². The molecule has 0 amide bonds. The van der Waals surface area contributed by atoms with Gasteiger partial charge in [-0.1, -0.05) is 37.9 Å². The number of ether oxygens (including phenoxy) is 1. The maximum Gasteiger partial charge on any atom is 0.363 e. The Morgan fingerprint density at radius 2 is 2.29 bits per heavy atom. The van der Waals surface area contributed by atoms with Crippen molar-refractivity contribution in [2.24, 2.45) is 4.99 Å². The molecule has 2 rings (SSSR count). The van der Waals surface area contributed by atoms with Crippen molar-refractivity contribution in [3.05, 3.63) is 34.0 Å². The van der Waals surface area contributed by atoms with Crippen molar-refractivity contribution in [3.8, 4) is 0 Å². The van der Waals surface area contributed by atoms with Crippen LogP contribution in [0, 0.1) is 0 Å². The van der Waals surface area contributed by atoms with Gasteiger partial charge in [0.15, 0.2) is 11.6 Å². The number of carbonyl (C=O) groups excluding carboxylic acids is 1. The van der Waals surface area contributed by atoms with E-state index in [9.17, 15) is 9.90 Å². The van der Waals surface area contributed by atoms with Crippen molar-refractivity contribution >= 4 is 43.7 Å². The Hall–Kier alpha value is -0.720. The highest BCUT2D eigenvalue weighted by molar-refractivity contribution is 9.12. The number of hydrogen-bond acceptors (Lipinski definition) is 4. The quantitative estimate of drug-likeness (QED) is 0.442. The zero-order valence-electron chi connectivity index (χ0n) is 8.85. The Balaban J connectivity index is 2.33. The summed E-state index contributed by atoms with van der Waals surface area (Å²) in [6.45, 7) is 1.60. The van der Waals surface area contributed by atoms with Gasteiger partial charge in [0.05, 0.1) is 10.9 Å². The average molecular weight is 363 g/mol. The molecule has 1 aliphatic heterocycles. The number of hydrogen-bond donors (Lipinski definition) is 1. The van der Waals surface area contributed by atoms with E-state index in [1.165, 1.54) is 6.08 Å². The highest BCUT2D eigenvalue weighted by atomic mass is 79.9. The highest BCUT2D eigenvalue weighted by Gasteiger charge is 2.25. The molecule has 0 radical (unpaired) electrons. The van der Waals surface area contributed by atoms with Crippen molar-refractivity contribution in [2.45, 2.75) is 17.9 Å². The summed E-state index contributed by atoms with van der Waals surface area (Å²) in [5.41, 5.74) is 0.807. The molecule has 0 saturated carbocycles. The number of rotatable bonds is 1. The third-order valence-electron chi connectivity index (χ3n) is 2.30. The molecule has 0 aromatic carbocycles. The summed E-state index contributed by atoms with van der Waals surface area (Å²) in [6, 6.07) is 0. The van der Waals surface area contributed by atoms with Crippen LogP contribution in [0.15, 0.2) is 39.0 Å². The molecule has 17 heavy (non-hydrogen) atoms. The van der Waals surface area contributed by atoms with Gasteiger partial charge in [0.2, 0.25) is 0 Å². The molecule has 0 fully saturated rings. The number of cyclic esters (lactones) is 1. The second kappa shape index (κ2) is 4.88. The summed E-state index contributed by atoms with van der Waals surface area (Å²) in [5.74, 6) is -0.176. The van der Waals surface area contributed by atoms with E-state index in [0.717, 1.165) is 4.48 Å². The molecule has 1 aliphatic carbocycles. The first-order valence-corrected chi connectivity index (χ1v) is 6.58. The molecule has 1 heterocycles. The molecule has 2 atom stereocenters. The molecule has 0 aromatic heterocycles. The molecule has 2 aliphatic rings. The van der Waals surface area contributed by atoms with Crippen LogP contribution in [0.1, 0.15) is 6.92 Å². The van der Waals surface area contributed by atoms with Gasteiger partial charge in [-0.05, 0) is 17.7 Å². The normalized spacial score (nSPS) is 30.9. The van der Waals surface area contributed by atoms with Gasteiger partial charge < -0.3 is 9.84 Å². The van der Waals surface area contributed by atoms with Crippen molar-refractivity contribution in [1.82, 2.24) is 0 Å². The second-order valence-electron chi connectivity index (χ2n) is 3.64. The Morgan fingerprint density at radius 1 is 1.59 bits per heavy atom.